The van der Waals surface area contributed by atoms with E-state index in [1.54, 1.807) is 12.1 Å². The summed E-state index contributed by atoms with van der Waals surface area (Å²) in [7, 11) is 0. The summed E-state index contributed by atoms with van der Waals surface area (Å²) < 4.78 is 5.80. The summed E-state index contributed by atoms with van der Waals surface area (Å²) in [5.74, 6) is -0.121. The molecule has 2 rings (SSSR count). The maximum Gasteiger partial charge on any atom is 0.338 e. The van der Waals surface area contributed by atoms with Crippen LogP contribution in [0.4, 0.5) is 0 Å². The highest BCUT2D eigenvalue weighted by Crippen LogP contribution is 2.29. The Bertz CT molecular complexity index is 569. The molecule has 1 fully saturated rings. The number of nitriles is 1. The van der Waals surface area contributed by atoms with Crippen LogP contribution in [0, 0.1) is 17.2 Å². The normalized spacial score (nSPS) is 17.5. The number of esters is 1. The Morgan fingerprint density at radius 1 is 1.41 bits per heavy atom. The van der Waals surface area contributed by atoms with Crippen LogP contribution in [0.15, 0.2) is 24.3 Å². The van der Waals surface area contributed by atoms with Gasteiger partial charge >= 0.3 is 5.97 Å². The quantitative estimate of drug-likeness (QED) is 0.867. The predicted molar refractivity (Wildman–Crippen MR) is 84.3 cm³/mol. The van der Waals surface area contributed by atoms with E-state index in [4.69, 9.17) is 10.00 Å². The number of nitrogens with two attached hydrogens (primary N) is 1. The lowest BCUT2D eigenvalue weighted by Gasteiger charge is -2.35. The highest BCUT2D eigenvalue weighted by atomic mass is 16.6. The molecule has 1 heterocycles. The predicted octanol–water partition coefficient (Wildman–Crippen LogP) is 2.22. The largest absolute Gasteiger partial charge is 0.456 e. The van der Waals surface area contributed by atoms with Crippen LogP contribution in [0.3, 0.4) is 0 Å². The van der Waals surface area contributed by atoms with Gasteiger partial charge in [-0.15, -0.1) is 0 Å². The number of hydrogen-bond acceptors (Lipinski definition) is 3. The van der Waals surface area contributed by atoms with Crippen LogP contribution in [0.25, 0.3) is 0 Å². The molecule has 0 saturated carbocycles. The summed E-state index contributed by atoms with van der Waals surface area (Å²) in [6, 6.07) is 9.38. The van der Waals surface area contributed by atoms with E-state index < -0.39 is 5.60 Å². The summed E-state index contributed by atoms with van der Waals surface area (Å²) in [5.41, 5.74) is 0.916. The third-order valence-electron chi connectivity index (χ3n) is 4.59. The molecule has 1 aliphatic rings. The fraction of sp³-hybridized carbons (Fsp3) is 0.556. The lowest BCUT2D eigenvalue weighted by atomic mass is 9.83. The van der Waals surface area contributed by atoms with E-state index in [9.17, 15) is 4.79 Å². The van der Waals surface area contributed by atoms with Crippen LogP contribution in [0.5, 0.6) is 0 Å². The first-order chi connectivity index (χ1) is 10.4. The standard InChI is InChI=1S/C18H24N2O2/c1-13(12-19)14-5-4-6-15(11-14)17(21)22-18(2,3)16-7-9-20-10-8-16/h4-6,11,13,16,20H,7-10H2,1-3H3/p+1. The van der Waals surface area contributed by atoms with E-state index in [2.05, 4.69) is 11.4 Å². The van der Waals surface area contributed by atoms with Gasteiger partial charge in [-0.1, -0.05) is 12.1 Å². The summed E-state index contributed by atoms with van der Waals surface area (Å²) in [4.78, 5) is 12.5. The Kier molecular flexibility index (Phi) is 5.20. The Labute approximate surface area is 132 Å². The molecule has 0 bridgehead atoms. The minimum atomic E-state index is -0.456. The summed E-state index contributed by atoms with van der Waals surface area (Å²) in [6.07, 6.45) is 2.15. The Balaban J connectivity index is 2.09. The number of piperidine rings is 1. The molecule has 2 N–H and O–H groups in total. The van der Waals surface area contributed by atoms with Gasteiger partial charge in [0.2, 0.25) is 0 Å². The highest BCUT2D eigenvalue weighted by molar-refractivity contribution is 5.90. The fourth-order valence-electron chi connectivity index (χ4n) is 3.01. The molecule has 1 aliphatic heterocycles. The van der Waals surface area contributed by atoms with Gasteiger partial charge in [-0.25, -0.2) is 4.79 Å². The lowest BCUT2D eigenvalue weighted by Crippen LogP contribution is -2.86. The molecule has 4 nitrogen and oxygen atoms in total. The van der Waals surface area contributed by atoms with E-state index >= 15 is 0 Å². The smallest absolute Gasteiger partial charge is 0.338 e. The average Bonchev–Trinajstić information content (AvgIpc) is 2.54. The van der Waals surface area contributed by atoms with Gasteiger partial charge < -0.3 is 10.1 Å². The lowest BCUT2D eigenvalue weighted by molar-refractivity contribution is -0.665. The molecule has 1 aromatic carbocycles. The molecule has 118 valence electrons. The van der Waals surface area contributed by atoms with Crippen molar-refractivity contribution in [2.75, 3.05) is 13.1 Å². The number of ether oxygens (including phenoxy) is 1. The number of carbonyl (C=O) groups is 1. The van der Waals surface area contributed by atoms with Crippen LogP contribution < -0.4 is 5.32 Å². The van der Waals surface area contributed by atoms with Crippen LogP contribution in [0.2, 0.25) is 0 Å². The highest BCUT2D eigenvalue weighted by Gasteiger charge is 2.35. The Hall–Kier alpha value is -1.86. The van der Waals surface area contributed by atoms with Gasteiger partial charge in [-0.3, -0.25) is 0 Å². The van der Waals surface area contributed by atoms with Crippen molar-refractivity contribution in [3.05, 3.63) is 35.4 Å². The maximum absolute atomic E-state index is 12.5. The molecule has 0 radical (unpaired) electrons. The zero-order valence-corrected chi connectivity index (χ0v) is 13.6. The van der Waals surface area contributed by atoms with Crippen LogP contribution >= 0.6 is 0 Å². The molecule has 0 spiro atoms. The zero-order valence-electron chi connectivity index (χ0n) is 13.6. The van der Waals surface area contributed by atoms with E-state index in [1.165, 1.54) is 0 Å². The molecule has 0 aliphatic carbocycles. The van der Waals surface area contributed by atoms with Crippen LogP contribution in [0.1, 0.15) is 55.5 Å². The third kappa shape index (κ3) is 3.86. The first kappa shape index (κ1) is 16.5. The second kappa shape index (κ2) is 6.93. The van der Waals surface area contributed by atoms with Gasteiger partial charge in [-0.05, 0) is 38.5 Å². The fourth-order valence-corrected chi connectivity index (χ4v) is 3.01. The summed E-state index contributed by atoms with van der Waals surface area (Å²) in [6.45, 7) is 8.03. The number of quaternary nitrogens is 1. The third-order valence-corrected chi connectivity index (χ3v) is 4.59. The number of carbonyl (C=O) groups excluding carboxylic acids is 1. The van der Waals surface area contributed by atoms with Crippen molar-refractivity contribution in [1.82, 2.24) is 0 Å². The van der Waals surface area contributed by atoms with Gasteiger partial charge in [0.25, 0.3) is 0 Å². The monoisotopic (exact) mass is 301 g/mol. The van der Waals surface area contributed by atoms with Crippen molar-refractivity contribution >= 4 is 5.97 Å². The van der Waals surface area contributed by atoms with E-state index in [0.29, 0.717) is 11.5 Å². The first-order valence-corrected chi connectivity index (χ1v) is 7.98. The van der Waals surface area contributed by atoms with Crippen molar-refractivity contribution in [2.45, 2.75) is 45.1 Å². The zero-order chi connectivity index (χ0) is 16.2. The molecular weight excluding hydrogens is 276 g/mol. The minimum Gasteiger partial charge on any atom is -0.456 e. The van der Waals surface area contributed by atoms with Crippen LogP contribution in [-0.2, 0) is 4.74 Å². The molecule has 22 heavy (non-hydrogen) atoms. The summed E-state index contributed by atoms with van der Waals surface area (Å²) in [5, 5.41) is 11.3. The number of hydrogen-bond donors (Lipinski definition) is 1. The molecule has 1 aromatic rings. The molecule has 0 aromatic heterocycles. The van der Waals surface area contributed by atoms with Gasteiger partial charge in [0, 0.05) is 18.8 Å². The van der Waals surface area contributed by atoms with Crippen molar-refractivity contribution in [3.63, 3.8) is 0 Å². The molecule has 0 amide bonds. The Morgan fingerprint density at radius 2 is 2.09 bits per heavy atom. The van der Waals surface area contributed by atoms with E-state index in [-0.39, 0.29) is 11.9 Å². The SMILES string of the molecule is CC(C#N)c1cccc(C(=O)OC(C)(C)C2CC[NH2+]CC2)c1. The second-order valence-corrected chi connectivity index (χ2v) is 6.61. The van der Waals surface area contributed by atoms with Crippen LogP contribution in [-0.4, -0.2) is 24.7 Å². The maximum atomic E-state index is 12.5. The molecule has 1 saturated heterocycles. The van der Waals surface area contributed by atoms with Crippen molar-refractivity contribution in [2.24, 2.45) is 5.92 Å². The van der Waals surface area contributed by atoms with Crippen molar-refractivity contribution in [1.29, 1.82) is 5.26 Å². The minimum absolute atomic E-state index is 0.227. The molecule has 1 atom stereocenters. The number of rotatable bonds is 4. The molecule has 4 heteroatoms. The van der Waals surface area contributed by atoms with E-state index in [0.717, 1.165) is 31.5 Å². The second-order valence-electron chi connectivity index (χ2n) is 6.61. The van der Waals surface area contributed by atoms with Gasteiger partial charge in [0.05, 0.1) is 30.6 Å². The topological polar surface area (TPSA) is 66.7 Å². The van der Waals surface area contributed by atoms with Crippen molar-refractivity contribution in [3.8, 4) is 6.07 Å². The van der Waals surface area contributed by atoms with Gasteiger partial charge in [0.1, 0.15) is 5.60 Å². The molecule has 1 unspecified atom stereocenters. The van der Waals surface area contributed by atoms with Gasteiger partial charge in [-0.2, -0.15) is 5.26 Å². The average molecular weight is 301 g/mol. The molecular formula is C18H25N2O2+. The van der Waals surface area contributed by atoms with E-state index in [1.807, 2.05) is 32.9 Å². The first-order valence-electron chi connectivity index (χ1n) is 7.98. The Morgan fingerprint density at radius 3 is 2.73 bits per heavy atom. The van der Waals surface area contributed by atoms with Gasteiger partial charge in [0.15, 0.2) is 0 Å². The number of benzene rings is 1. The van der Waals surface area contributed by atoms with Crippen molar-refractivity contribution < 1.29 is 14.8 Å². The number of nitrogens with zero attached hydrogens (tertiary/aromatic N) is 1. The summed E-state index contributed by atoms with van der Waals surface area (Å²) >= 11 is 0.